The Balaban J connectivity index is 0.00000196. The van der Waals surface area contributed by atoms with E-state index in [0.29, 0.717) is 24.7 Å². The molecule has 4 rings (SSSR count). The monoisotopic (exact) mass is 378 g/mol. The molecule has 2 fully saturated rings. The predicted molar refractivity (Wildman–Crippen MR) is 98.6 cm³/mol. The number of rotatable bonds is 4. The number of hydrogen-bond donors (Lipinski definition) is 1. The van der Waals surface area contributed by atoms with Gasteiger partial charge in [0.15, 0.2) is 5.82 Å². The number of aromatic nitrogens is 2. The van der Waals surface area contributed by atoms with E-state index in [9.17, 15) is 4.79 Å². The van der Waals surface area contributed by atoms with E-state index < -0.39 is 5.54 Å². The van der Waals surface area contributed by atoms with Crippen molar-refractivity contribution >= 4 is 24.0 Å². The minimum atomic E-state index is -0.472. The second kappa shape index (κ2) is 7.25. The highest BCUT2D eigenvalue weighted by molar-refractivity contribution is 5.96. The Morgan fingerprint density at radius 2 is 1.96 bits per heavy atom. The minimum absolute atomic E-state index is 0. The van der Waals surface area contributed by atoms with Crippen molar-refractivity contribution in [1.29, 1.82) is 0 Å². The van der Waals surface area contributed by atoms with Crippen LogP contribution in [-0.2, 0) is 10.3 Å². The van der Waals surface area contributed by atoms with Crippen LogP contribution in [-0.4, -0.2) is 29.7 Å². The highest BCUT2D eigenvalue weighted by atomic mass is 35.5. The number of nitrogens with zero attached hydrogens (tertiary/aromatic N) is 3. The van der Waals surface area contributed by atoms with E-state index in [1.165, 1.54) is 0 Å². The van der Waals surface area contributed by atoms with E-state index in [0.717, 1.165) is 37.1 Å². The van der Waals surface area contributed by atoms with Crippen molar-refractivity contribution < 1.29 is 14.1 Å². The number of carbonyl (C=O) groups is 1. The average molecular weight is 379 g/mol. The molecule has 7 nitrogen and oxygen atoms in total. The summed E-state index contributed by atoms with van der Waals surface area (Å²) in [6.45, 7) is 0.532. The van der Waals surface area contributed by atoms with Crippen molar-refractivity contribution in [2.45, 2.75) is 43.6 Å². The van der Waals surface area contributed by atoms with Crippen LogP contribution in [0.25, 0.3) is 0 Å². The van der Waals surface area contributed by atoms with Crippen LogP contribution < -0.4 is 15.4 Å². The number of ether oxygens (including phenoxy) is 1. The average Bonchev–Trinajstić information content (AvgIpc) is 3.35. The van der Waals surface area contributed by atoms with Gasteiger partial charge in [0.2, 0.25) is 11.8 Å². The summed E-state index contributed by atoms with van der Waals surface area (Å²) in [5.41, 5.74) is 6.77. The van der Waals surface area contributed by atoms with Crippen molar-refractivity contribution in [3.05, 3.63) is 36.0 Å². The third-order valence-electron chi connectivity index (χ3n) is 5.24. The van der Waals surface area contributed by atoms with E-state index in [2.05, 4.69) is 10.1 Å². The molecule has 140 valence electrons. The van der Waals surface area contributed by atoms with Crippen molar-refractivity contribution in [2.75, 3.05) is 18.6 Å². The molecule has 0 spiro atoms. The molecule has 2 N–H and O–H groups in total. The third-order valence-corrected chi connectivity index (χ3v) is 5.24. The molecule has 1 aromatic carbocycles. The molecule has 0 radical (unpaired) electrons. The van der Waals surface area contributed by atoms with E-state index in [-0.39, 0.29) is 24.2 Å². The first-order chi connectivity index (χ1) is 12.1. The highest BCUT2D eigenvalue weighted by Crippen LogP contribution is 2.37. The zero-order valence-corrected chi connectivity index (χ0v) is 15.5. The number of anilines is 1. The summed E-state index contributed by atoms with van der Waals surface area (Å²) in [6, 6.07) is 7.45. The summed E-state index contributed by atoms with van der Waals surface area (Å²) in [5.74, 6) is 1.81. The number of nitrogens with two attached hydrogens (primary N) is 1. The lowest BCUT2D eigenvalue weighted by Crippen LogP contribution is -2.34. The first-order valence-corrected chi connectivity index (χ1v) is 8.66. The topological polar surface area (TPSA) is 94.5 Å². The Morgan fingerprint density at radius 1 is 1.27 bits per heavy atom. The SMILES string of the molecule is COc1ccc(N2CC(c3nc(C4(N)CCCC4)no3)CC2=O)cc1.Cl. The van der Waals surface area contributed by atoms with Crippen LogP contribution in [0.2, 0.25) is 0 Å². The maximum absolute atomic E-state index is 12.4. The second-order valence-electron chi connectivity index (χ2n) is 6.92. The third kappa shape index (κ3) is 3.29. The number of halogens is 1. The van der Waals surface area contributed by atoms with Crippen LogP contribution in [0.1, 0.15) is 49.7 Å². The Morgan fingerprint density at radius 3 is 2.62 bits per heavy atom. The molecule has 2 aromatic rings. The summed E-state index contributed by atoms with van der Waals surface area (Å²) in [5, 5.41) is 4.10. The molecule has 1 amide bonds. The van der Waals surface area contributed by atoms with Gasteiger partial charge in [0.1, 0.15) is 5.75 Å². The van der Waals surface area contributed by atoms with Gasteiger partial charge in [0.05, 0.1) is 18.6 Å². The van der Waals surface area contributed by atoms with Gasteiger partial charge in [-0.25, -0.2) is 0 Å². The van der Waals surface area contributed by atoms with Gasteiger partial charge in [-0.15, -0.1) is 12.4 Å². The van der Waals surface area contributed by atoms with Crippen LogP contribution >= 0.6 is 12.4 Å². The van der Waals surface area contributed by atoms with Crippen molar-refractivity contribution in [2.24, 2.45) is 5.73 Å². The van der Waals surface area contributed by atoms with E-state index in [4.69, 9.17) is 15.0 Å². The molecular formula is C18H23ClN4O3. The smallest absolute Gasteiger partial charge is 0.232 e. The lowest BCUT2D eigenvalue weighted by molar-refractivity contribution is -0.117. The molecular weight excluding hydrogens is 356 g/mol. The fourth-order valence-electron chi connectivity index (χ4n) is 3.72. The normalized spacial score (nSPS) is 21.7. The molecule has 1 saturated carbocycles. The van der Waals surface area contributed by atoms with Gasteiger partial charge in [0, 0.05) is 18.7 Å². The summed E-state index contributed by atoms with van der Waals surface area (Å²) >= 11 is 0. The highest BCUT2D eigenvalue weighted by Gasteiger charge is 2.39. The zero-order chi connectivity index (χ0) is 17.4. The summed E-state index contributed by atoms with van der Waals surface area (Å²) in [7, 11) is 1.62. The Hall–Kier alpha value is -2.12. The molecule has 1 aliphatic heterocycles. The molecule has 1 atom stereocenters. The predicted octanol–water partition coefficient (Wildman–Crippen LogP) is 2.75. The van der Waals surface area contributed by atoms with Gasteiger partial charge in [-0.1, -0.05) is 18.0 Å². The number of hydrogen-bond acceptors (Lipinski definition) is 6. The fourth-order valence-corrected chi connectivity index (χ4v) is 3.72. The number of methoxy groups -OCH3 is 1. The molecule has 1 aromatic heterocycles. The van der Waals surface area contributed by atoms with Gasteiger partial charge >= 0.3 is 0 Å². The van der Waals surface area contributed by atoms with Crippen molar-refractivity contribution in [3.8, 4) is 5.75 Å². The lowest BCUT2D eigenvalue weighted by atomic mass is 9.98. The Bertz CT molecular complexity index is 771. The maximum Gasteiger partial charge on any atom is 0.232 e. The van der Waals surface area contributed by atoms with Gasteiger partial charge in [0.25, 0.3) is 0 Å². The molecule has 0 bridgehead atoms. The molecule has 1 saturated heterocycles. The Kier molecular flexibility index (Phi) is 5.20. The van der Waals surface area contributed by atoms with Gasteiger partial charge in [-0.2, -0.15) is 4.98 Å². The van der Waals surface area contributed by atoms with Crippen molar-refractivity contribution in [1.82, 2.24) is 10.1 Å². The zero-order valence-electron chi connectivity index (χ0n) is 14.7. The van der Waals surface area contributed by atoms with Crippen LogP contribution in [0, 0.1) is 0 Å². The van der Waals surface area contributed by atoms with Crippen LogP contribution in [0.4, 0.5) is 5.69 Å². The number of amides is 1. The molecule has 2 aliphatic rings. The van der Waals surface area contributed by atoms with Gasteiger partial charge < -0.3 is 19.9 Å². The molecule has 2 heterocycles. The van der Waals surface area contributed by atoms with E-state index in [1.807, 2.05) is 24.3 Å². The minimum Gasteiger partial charge on any atom is -0.497 e. The largest absolute Gasteiger partial charge is 0.497 e. The quantitative estimate of drug-likeness (QED) is 0.879. The molecule has 1 unspecified atom stereocenters. The van der Waals surface area contributed by atoms with E-state index in [1.54, 1.807) is 12.0 Å². The van der Waals surface area contributed by atoms with Crippen LogP contribution in [0.5, 0.6) is 5.75 Å². The van der Waals surface area contributed by atoms with Gasteiger partial charge in [-0.05, 0) is 37.1 Å². The first kappa shape index (κ1) is 18.7. The molecule has 1 aliphatic carbocycles. The van der Waals surface area contributed by atoms with Crippen LogP contribution in [0.15, 0.2) is 28.8 Å². The second-order valence-corrected chi connectivity index (χ2v) is 6.92. The van der Waals surface area contributed by atoms with E-state index >= 15 is 0 Å². The van der Waals surface area contributed by atoms with Crippen molar-refractivity contribution in [3.63, 3.8) is 0 Å². The Labute approximate surface area is 158 Å². The molecule has 26 heavy (non-hydrogen) atoms. The summed E-state index contributed by atoms with van der Waals surface area (Å²) < 4.78 is 10.6. The molecule has 8 heteroatoms. The summed E-state index contributed by atoms with van der Waals surface area (Å²) in [6.07, 6.45) is 4.31. The first-order valence-electron chi connectivity index (χ1n) is 8.66. The number of benzene rings is 1. The summed E-state index contributed by atoms with van der Waals surface area (Å²) in [4.78, 5) is 18.7. The standard InChI is InChI=1S/C18H22N4O3.ClH/c1-24-14-6-4-13(5-7-14)22-11-12(10-15(22)23)16-20-17(21-25-16)18(19)8-2-3-9-18;/h4-7,12H,2-3,8-11,19H2,1H3;1H. The maximum atomic E-state index is 12.4. The lowest BCUT2D eigenvalue weighted by Gasteiger charge is -2.18. The van der Waals surface area contributed by atoms with Crippen LogP contribution in [0.3, 0.4) is 0 Å². The fraction of sp³-hybridized carbons (Fsp3) is 0.500. The number of carbonyl (C=O) groups excluding carboxylic acids is 1. The van der Waals surface area contributed by atoms with Gasteiger partial charge in [-0.3, -0.25) is 4.79 Å².